The molecule has 7 heteroatoms. The van der Waals surface area contributed by atoms with Crippen LogP contribution in [0, 0.1) is 0 Å². The average Bonchev–Trinajstić information content (AvgIpc) is 3.02. The molecule has 2 amide bonds. The van der Waals surface area contributed by atoms with Crippen molar-refractivity contribution in [3.05, 3.63) is 59.7 Å². The molecule has 0 aromatic heterocycles. The predicted octanol–water partition coefficient (Wildman–Crippen LogP) is 3.42. The van der Waals surface area contributed by atoms with E-state index in [1.54, 1.807) is 24.3 Å². The lowest BCUT2D eigenvalue weighted by Gasteiger charge is -2.20. The Kier molecular flexibility index (Phi) is 6.84. The third-order valence-corrected chi connectivity index (χ3v) is 4.83. The molecule has 1 aliphatic heterocycles. The van der Waals surface area contributed by atoms with Crippen LogP contribution in [0.5, 0.6) is 5.75 Å². The number of aromatic carboxylic acids is 1. The van der Waals surface area contributed by atoms with Crippen molar-refractivity contribution in [2.75, 3.05) is 25.0 Å². The van der Waals surface area contributed by atoms with Gasteiger partial charge in [-0.3, -0.25) is 9.59 Å². The van der Waals surface area contributed by atoms with Crippen LogP contribution in [0.3, 0.4) is 0 Å². The summed E-state index contributed by atoms with van der Waals surface area (Å²) in [5.41, 5.74) is 0.910. The van der Waals surface area contributed by atoms with Crippen LogP contribution < -0.4 is 10.1 Å². The zero-order valence-corrected chi connectivity index (χ0v) is 16.1. The SMILES string of the molecule is O=C(O)c1ccc(NC(=O)c2ccccc2OCC(=O)N2CCCCCC2)cc1. The molecule has 7 nitrogen and oxygen atoms in total. The number of benzene rings is 2. The molecule has 152 valence electrons. The minimum absolute atomic E-state index is 0.0774. The molecule has 2 aromatic carbocycles. The maximum absolute atomic E-state index is 12.6. The maximum atomic E-state index is 12.6. The number of hydrogen-bond donors (Lipinski definition) is 2. The number of amides is 2. The first-order valence-electron chi connectivity index (χ1n) is 9.69. The van der Waals surface area contributed by atoms with E-state index < -0.39 is 11.9 Å². The van der Waals surface area contributed by atoms with Crippen LogP contribution in [-0.4, -0.2) is 47.5 Å². The van der Waals surface area contributed by atoms with Gasteiger partial charge in [0.05, 0.1) is 11.1 Å². The van der Waals surface area contributed by atoms with Gasteiger partial charge in [0.2, 0.25) is 0 Å². The summed E-state index contributed by atoms with van der Waals surface area (Å²) in [6, 6.07) is 12.6. The third-order valence-electron chi connectivity index (χ3n) is 4.83. The summed E-state index contributed by atoms with van der Waals surface area (Å²) in [7, 11) is 0. The molecule has 0 bridgehead atoms. The molecule has 3 rings (SSSR count). The number of likely N-dealkylation sites (tertiary alicyclic amines) is 1. The molecule has 0 radical (unpaired) electrons. The number of carboxylic acid groups (broad SMARTS) is 1. The number of anilines is 1. The number of rotatable bonds is 6. The molecule has 2 aromatic rings. The molecular formula is C22H24N2O5. The first-order chi connectivity index (χ1) is 14.0. The summed E-state index contributed by atoms with van der Waals surface area (Å²) in [4.78, 5) is 37.8. The Hall–Kier alpha value is -3.35. The van der Waals surface area contributed by atoms with E-state index in [9.17, 15) is 14.4 Å². The Morgan fingerprint density at radius 2 is 1.59 bits per heavy atom. The monoisotopic (exact) mass is 396 g/mol. The van der Waals surface area contributed by atoms with Crippen LogP contribution >= 0.6 is 0 Å². The number of ether oxygens (including phenoxy) is 1. The summed E-state index contributed by atoms with van der Waals surface area (Å²) < 4.78 is 5.67. The van der Waals surface area contributed by atoms with Gasteiger partial charge in [0.1, 0.15) is 5.75 Å². The Bertz CT molecular complexity index is 871. The van der Waals surface area contributed by atoms with Crippen molar-refractivity contribution in [1.82, 2.24) is 4.90 Å². The molecule has 1 saturated heterocycles. The fraction of sp³-hybridized carbons (Fsp3) is 0.318. The standard InChI is InChI=1S/C22H24N2O5/c25-20(24-13-5-1-2-6-14-24)15-29-19-8-4-3-7-18(19)21(26)23-17-11-9-16(10-12-17)22(27)28/h3-4,7-12H,1-2,5-6,13-15H2,(H,23,26)(H,27,28). The fourth-order valence-corrected chi connectivity index (χ4v) is 3.23. The highest BCUT2D eigenvalue weighted by atomic mass is 16.5. The Morgan fingerprint density at radius 3 is 2.24 bits per heavy atom. The number of nitrogens with one attached hydrogen (secondary N) is 1. The zero-order chi connectivity index (χ0) is 20.6. The summed E-state index contributed by atoms with van der Waals surface area (Å²) in [6.45, 7) is 1.38. The van der Waals surface area contributed by atoms with Crippen molar-refractivity contribution in [1.29, 1.82) is 0 Å². The molecule has 0 unspecified atom stereocenters. The minimum atomic E-state index is -1.03. The molecule has 0 saturated carbocycles. The molecule has 1 aliphatic rings. The summed E-state index contributed by atoms with van der Waals surface area (Å²) >= 11 is 0. The molecule has 0 spiro atoms. The number of para-hydroxylation sites is 1. The van der Waals surface area contributed by atoms with Gasteiger partial charge >= 0.3 is 5.97 Å². The van der Waals surface area contributed by atoms with Gasteiger partial charge in [-0.2, -0.15) is 0 Å². The Labute approximate surface area is 169 Å². The lowest BCUT2D eigenvalue weighted by molar-refractivity contribution is -0.133. The lowest BCUT2D eigenvalue weighted by atomic mass is 10.1. The largest absolute Gasteiger partial charge is 0.483 e. The number of carboxylic acids is 1. The topological polar surface area (TPSA) is 95.9 Å². The van der Waals surface area contributed by atoms with E-state index in [0.29, 0.717) is 17.0 Å². The van der Waals surface area contributed by atoms with Gasteiger partial charge < -0.3 is 20.1 Å². The third kappa shape index (κ3) is 5.57. The highest BCUT2D eigenvalue weighted by Crippen LogP contribution is 2.20. The van der Waals surface area contributed by atoms with Crippen LogP contribution in [0.4, 0.5) is 5.69 Å². The first-order valence-corrected chi connectivity index (χ1v) is 9.69. The van der Waals surface area contributed by atoms with Crippen molar-refractivity contribution in [3.63, 3.8) is 0 Å². The number of hydrogen-bond acceptors (Lipinski definition) is 4. The maximum Gasteiger partial charge on any atom is 0.335 e. The summed E-state index contributed by atoms with van der Waals surface area (Å²) in [5.74, 6) is -1.18. The van der Waals surface area contributed by atoms with Gasteiger partial charge in [0.25, 0.3) is 11.8 Å². The van der Waals surface area contributed by atoms with Crippen molar-refractivity contribution < 1.29 is 24.2 Å². The van der Waals surface area contributed by atoms with Crippen molar-refractivity contribution in [2.45, 2.75) is 25.7 Å². The van der Waals surface area contributed by atoms with E-state index >= 15 is 0 Å². The second-order valence-electron chi connectivity index (χ2n) is 6.92. The number of carbonyl (C=O) groups is 3. The number of carbonyl (C=O) groups excluding carboxylic acids is 2. The van der Waals surface area contributed by atoms with Crippen molar-refractivity contribution in [3.8, 4) is 5.75 Å². The lowest BCUT2D eigenvalue weighted by Crippen LogP contribution is -2.35. The van der Waals surface area contributed by atoms with Gasteiger partial charge in [-0.15, -0.1) is 0 Å². The van der Waals surface area contributed by atoms with E-state index in [4.69, 9.17) is 9.84 Å². The van der Waals surface area contributed by atoms with Crippen LogP contribution in [0.15, 0.2) is 48.5 Å². The Balaban J connectivity index is 1.63. The number of nitrogens with zero attached hydrogens (tertiary/aromatic N) is 1. The Morgan fingerprint density at radius 1 is 0.931 bits per heavy atom. The van der Waals surface area contributed by atoms with E-state index in [0.717, 1.165) is 38.8 Å². The molecule has 0 aliphatic carbocycles. The van der Waals surface area contributed by atoms with E-state index in [1.165, 1.54) is 24.3 Å². The smallest absolute Gasteiger partial charge is 0.335 e. The quantitative estimate of drug-likeness (QED) is 0.780. The van der Waals surface area contributed by atoms with E-state index in [2.05, 4.69) is 5.32 Å². The minimum Gasteiger partial charge on any atom is -0.483 e. The molecule has 1 heterocycles. The van der Waals surface area contributed by atoms with Crippen LogP contribution in [0.2, 0.25) is 0 Å². The van der Waals surface area contributed by atoms with E-state index in [1.807, 2.05) is 4.90 Å². The summed E-state index contributed by atoms with van der Waals surface area (Å²) in [6.07, 6.45) is 4.29. The predicted molar refractivity (Wildman–Crippen MR) is 108 cm³/mol. The summed E-state index contributed by atoms with van der Waals surface area (Å²) in [5, 5.41) is 11.7. The van der Waals surface area contributed by atoms with Gasteiger partial charge in [-0.25, -0.2) is 4.79 Å². The average molecular weight is 396 g/mol. The van der Waals surface area contributed by atoms with Crippen LogP contribution in [-0.2, 0) is 4.79 Å². The molecule has 29 heavy (non-hydrogen) atoms. The van der Waals surface area contributed by atoms with Crippen molar-refractivity contribution in [2.24, 2.45) is 0 Å². The molecule has 0 atom stereocenters. The van der Waals surface area contributed by atoms with Gasteiger partial charge in [-0.05, 0) is 49.2 Å². The zero-order valence-electron chi connectivity index (χ0n) is 16.1. The normalized spacial score (nSPS) is 14.0. The van der Waals surface area contributed by atoms with Gasteiger partial charge in [-0.1, -0.05) is 25.0 Å². The molecule has 2 N–H and O–H groups in total. The fourth-order valence-electron chi connectivity index (χ4n) is 3.23. The second-order valence-corrected chi connectivity index (χ2v) is 6.92. The van der Waals surface area contributed by atoms with Crippen LogP contribution in [0.25, 0.3) is 0 Å². The second kappa shape index (κ2) is 9.73. The van der Waals surface area contributed by atoms with Gasteiger partial charge in [0, 0.05) is 18.8 Å². The van der Waals surface area contributed by atoms with Gasteiger partial charge in [0.15, 0.2) is 6.61 Å². The highest BCUT2D eigenvalue weighted by molar-refractivity contribution is 6.06. The van der Waals surface area contributed by atoms with E-state index in [-0.39, 0.29) is 18.1 Å². The molecule has 1 fully saturated rings. The van der Waals surface area contributed by atoms with Crippen molar-refractivity contribution >= 4 is 23.5 Å². The first kappa shape index (κ1) is 20.4. The molecular weight excluding hydrogens is 372 g/mol. The van der Waals surface area contributed by atoms with Crippen LogP contribution in [0.1, 0.15) is 46.4 Å². The highest BCUT2D eigenvalue weighted by Gasteiger charge is 2.18.